The molecule has 0 aliphatic carbocycles. The van der Waals surface area contributed by atoms with Gasteiger partial charge in [-0.15, -0.1) is 10.2 Å². The highest BCUT2D eigenvalue weighted by Crippen LogP contribution is 2.25. The summed E-state index contributed by atoms with van der Waals surface area (Å²) in [6, 6.07) is 3.40. The molecule has 0 spiro atoms. The molecule has 0 aliphatic rings. The predicted molar refractivity (Wildman–Crippen MR) is 93.9 cm³/mol. The molecule has 0 saturated heterocycles. The van der Waals surface area contributed by atoms with Crippen LogP contribution >= 0.6 is 34.7 Å². The lowest BCUT2D eigenvalue weighted by Crippen LogP contribution is -2.37. The van der Waals surface area contributed by atoms with Crippen LogP contribution in [0.4, 0.5) is 15.2 Å². The summed E-state index contributed by atoms with van der Waals surface area (Å²) in [7, 11) is -3.78. The lowest BCUT2D eigenvalue weighted by atomic mass is 10.3. The molecule has 0 atom stereocenters. The molecule has 1 heterocycles. The molecule has 0 saturated carbocycles. The first kappa shape index (κ1) is 18.9. The summed E-state index contributed by atoms with van der Waals surface area (Å²) in [4.78, 5) is 12.1. The van der Waals surface area contributed by atoms with Crippen LogP contribution in [-0.2, 0) is 14.8 Å². The normalized spacial score (nSPS) is 11.3. The number of hydrogen-bond acceptors (Lipinski definition) is 7. The van der Waals surface area contributed by atoms with E-state index in [2.05, 4.69) is 15.5 Å². The molecule has 1 amide bonds. The van der Waals surface area contributed by atoms with Crippen molar-refractivity contribution in [3.63, 3.8) is 0 Å². The fraction of sp³-hybridized carbons (Fsp3) is 0.250. The summed E-state index contributed by atoms with van der Waals surface area (Å²) < 4.78 is 38.6. The highest BCUT2D eigenvalue weighted by atomic mass is 35.5. The van der Waals surface area contributed by atoms with Gasteiger partial charge in [-0.25, -0.2) is 12.8 Å². The van der Waals surface area contributed by atoms with Crippen molar-refractivity contribution in [2.45, 2.75) is 4.34 Å². The second-order valence-corrected chi connectivity index (χ2v) is 8.84. The van der Waals surface area contributed by atoms with Gasteiger partial charge in [-0.2, -0.15) is 0 Å². The van der Waals surface area contributed by atoms with E-state index >= 15 is 0 Å². The predicted octanol–water partition coefficient (Wildman–Crippen LogP) is 2.46. The lowest BCUT2D eigenvalue weighted by molar-refractivity contribution is -0.114. The highest BCUT2D eigenvalue weighted by molar-refractivity contribution is 8.00. The minimum Gasteiger partial charge on any atom is -0.299 e. The van der Waals surface area contributed by atoms with Gasteiger partial charge in [0.15, 0.2) is 4.34 Å². The summed E-state index contributed by atoms with van der Waals surface area (Å²) in [5.74, 6) is -1.29. The number of anilines is 2. The van der Waals surface area contributed by atoms with Gasteiger partial charge in [0.1, 0.15) is 12.4 Å². The van der Waals surface area contributed by atoms with Crippen LogP contribution < -0.4 is 9.62 Å². The van der Waals surface area contributed by atoms with Crippen LogP contribution in [0.15, 0.2) is 22.5 Å². The number of rotatable bonds is 6. The molecule has 0 radical (unpaired) electrons. The Bertz CT molecular complexity index is 859. The Balaban J connectivity index is 2.19. The molecule has 1 N–H and O–H groups in total. The molecule has 7 nitrogen and oxygen atoms in total. The van der Waals surface area contributed by atoms with Crippen LogP contribution in [0.25, 0.3) is 0 Å². The molecule has 0 bridgehead atoms. The number of nitrogens with zero attached hydrogens (tertiary/aromatic N) is 3. The maximum atomic E-state index is 13.2. The number of halogens is 2. The van der Waals surface area contributed by atoms with Crippen LogP contribution in [0.2, 0.25) is 5.02 Å². The first-order valence-corrected chi connectivity index (χ1v) is 10.6. The minimum atomic E-state index is -3.78. The zero-order chi connectivity index (χ0) is 17.9. The number of nitrogens with one attached hydrogen (secondary N) is 1. The third-order valence-corrected chi connectivity index (χ3v) is 5.95. The number of amides is 1. The summed E-state index contributed by atoms with van der Waals surface area (Å²) in [5, 5.41) is 10.1. The molecule has 130 valence electrons. The molecule has 0 aliphatic heterocycles. The number of aromatic nitrogens is 2. The van der Waals surface area contributed by atoms with Gasteiger partial charge < -0.3 is 0 Å². The maximum absolute atomic E-state index is 13.2. The van der Waals surface area contributed by atoms with Gasteiger partial charge in [-0.3, -0.25) is 14.4 Å². The van der Waals surface area contributed by atoms with Crippen molar-refractivity contribution < 1.29 is 17.6 Å². The summed E-state index contributed by atoms with van der Waals surface area (Å²) in [6.45, 7) is -0.505. The topological polar surface area (TPSA) is 92.3 Å². The second-order valence-electron chi connectivity index (χ2n) is 4.49. The fourth-order valence-corrected chi connectivity index (χ4v) is 3.88. The Hall–Kier alpha value is -1.43. The van der Waals surface area contributed by atoms with Gasteiger partial charge in [0.25, 0.3) is 0 Å². The van der Waals surface area contributed by atoms with Crippen LogP contribution in [0.5, 0.6) is 0 Å². The van der Waals surface area contributed by atoms with E-state index in [9.17, 15) is 17.6 Å². The van der Waals surface area contributed by atoms with Crippen molar-refractivity contribution in [3.05, 3.63) is 29.0 Å². The third kappa shape index (κ3) is 4.79. The highest BCUT2D eigenvalue weighted by Gasteiger charge is 2.22. The summed E-state index contributed by atoms with van der Waals surface area (Å²) in [5.41, 5.74) is 0.0844. The van der Waals surface area contributed by atoms with Crippen molar-refractivity contribution in [2.75, 3.05) is 28.7 Å². The number of benzene rings is 1. The fourth-order valence-electron chi connectivity index (χ4n) is 1.67. The van der Waals surface area contributed by atoms with Gasteiger partial charge in [-0.05, 0) is 24.5 Å². The number of hydrogen-bond donors (Lipinski definition) is 1. The van der Waals surface area contributed by atoms with E-state index in [-0.39, 0.29) is 15.8 Å². The third-order valence-electron chi connectivity index (χ3n) is 2.71. The van der Waals surface area contributed by atoms with Crippen molar-refractivity contribution in [1.29, 1.82) is 0 Å². The Morgan fingerprint density at radius 2 is 2.17 bits per heavy atom. The summed E-state index contributed by atoms with van der Waals surface area (Å²) in [6.07, 6.45) is 2.75. The zero-order valence-electron chi connectivity index (χ0n) is 12.5. The first-order chi connectivity index (χ1) is 11.2. The summed E-state index contributed by atoms with van der Waals surface area (Å²) >= 11 is 8.22. The van der Waals surface area contributed by atoms with Crippen LogP contribution in [0.1, 0.15) is 0 Å². The SMILES string of the molecule is CSc1nnc(NC(=O)CN(c2ccc(F)c(Cl)c2)S(C)(=O)=O)s1. The van der Waals surface area contributed by atoms with E-state index in [4.69, 9.17) is 11.6 Å². The monoisotopic (exact) mass is 410 g/mol. The zero-order valence-corrected chi connectivity index (χ0v) is 15.7. The molecule has 2 rings (SSSR count). The molecule has 2 aromatic rings. The van der Waals surface area contributed by atoms with Crippen LogP contribution in [0, 0.1) is 5.82 Å². The molecular weight excluding hydrogens is 399 g/mol. The Morgan fingerprint density at radius 1 is 1.46 bits per heavy atom. The van der Waals surface area contributed by atoms with E-state index < -0.39 is 28.3 Å². The van der Waals surface area contributed by atoms with Gasteiger partial charge in [0.05, 0.1) is 17.0 Å². The Labute approximate surface area is 151 Å². The maximum Gasteiger partial charge on any atom is 0.246 e. The lowest BCUT2D eigenvalue weighted by Gasteiger charge is -2.21. The molecule has 1 aromatic heterocycles. The molecule has 1 aromatic carbocycles. The van der Waals surface area contributed by atoms with Crippen LogP contribution in [-0.4, -0.2) is 43.6 Å². The smallest absolute Gasteiger partial charge is 0.246 e. The molecular formula is C12H12ClFN4O3S3. The van der Waals surface area contributed by atoms with Crippen LogP contribution in [0.3, 0.4) is 0 Å². The Morgan fingerprint density at radius 3 is 2.71 bits per heavy atom. The minimum absolute atomic E-state index is 0.0844. The van der Waals surface area contributed by atoms with E-state index in [0.29, 0.717) is 4.34 Å². The quantitative estimate of drug-likeness (QED) is 0.581. The average Bonchev–Trinajstić information content (AvgIpc) is 2.94. The van der Waals surface area contributed by atoms with Crippen molar-refractivity contribution >= 4 is 61.4 Å². The molecule has 0 fully saturated rings. The molecule has 24 heavy (non-hydrogen) atoms. The second kappa shape index (κ2) is 7.64. The average molecular weight is 411 g/mol. The number of carbonyl (C=O) groups excluding carboxylic acids is 1. The Kier molecular flexibility index (Phi) is 6.01. The number of thioether (sulfide) groups is 1. The first-order valence-electron chi connectivity index (χ1n) is 6.31. The number of carbonyl (C=O) groups is 1. The van der Waals surface area contributed by atoms with Gasteiger partial charge >= 0.3 is 0 Å². The largest absolute Gasteiger partial charge is 0.299 e. The van der Waals surface area contributed by atoms with Crippen molar-refractivity contribution in [2.24, 2.45) is 0 Å². The van der Waals surface area contributed by atoms with Gasteiger partial charge in [0.2, 0.25) is 21.1 Å². The van der Waals surface area contributed by atoms with Gasteiger partial charge in [0, 0.05) is 0 Å². The van der Waals surface area contributed by atoms with E-state index in [1.54, 1.807) is 0 Å². The van der Waals surface area contributed by atoms with Crippen molar-refractivity contribution in [1.82, 2.24) is 10.2 Å². The number of sulfonamides is 1. The standard InChI is InChI=1S/C12H12ClFN4O3S3/c1-22-12-17-16-11(23-12)15-10(19)6-18(24(2,20)21)7-3-4-9(14)8(13)5-7/h3-5H,6H2,1-2H3,(H,15,16,19). The van der Waals surface area contributed by atoms with Crippen molar-refractivity contribution in [3.8, 4) is 0 Å². The van der Waals surface area contributed by atoms with E-state index in [0.717, 1.165) is 22.7 Å². The van der Waals surface area contributed by atoms with Gasteiger partial charge in [-0.1, -0.05) is 34.7 Å². The van der Waals surface area contributed by atoms with E-state index in [1.165, 1.54) is 29.2 Å². The molecule has 0 unspecified atom stereocenters. The van der Waals surface area contributed by atoms with E-state index in [1.807, 2.05) is 6.26 Å². The molecule has 12 heteroatoms.